The van der Waals surface area contributed by atoms with Gasteiger partial charge in [0.15, 0.2) is 0 Å². The van der Waals surface area contributed by atoms with Crippen LogP contribution in [0.25, 0.3) is 0 Å². The van der Waals surface area contributed by atoms with Crippen molar-refractivity contribution in [2.45, 2.75) is 45.6 Å². The van der Waals surface area contributed by atoms with Crippen molar-refractivity contribution in [1.82, 2.24) is 0 Å². The number of benzene rings is 1. The lowest BCUT2D eigenvalue weighted by atomic mass is 9.96. The summed E-state index contributed by atoms with van der Waals surface area (Å²) in [6.45, 7) is 3.82. The van der Waals surface area contributed by atoms with Gasteiger partial charge in [-0.15, -0.1) is 0 Å². The predicted molar refractivity (Wildman–Crippen MR) is 78.7 cm³/mol. The third kappa shape index (κ3) is 3.48. The van der Waals surface area contributed by atoms with Crippen molar-refractivity contribution in [3.63, 3.8) is 0 Å². The summed E-state index contributed by atoms with van der Waals surface area (Å²) in [5.74, 6) is -0.279. The molecule has 0 aliphatic carbocycles. The minimum Gasteiger partial charge on any atom is -0.367 e. The van der Waals surface area contributed by atoms with Gasteiger partial charge in [0.2, 0.25) is 0 Å². The van der Waals surface area contributed by atoms with Crippen molar-refractivity contribution < 1.29 is 8.78 Å². The smallest absolute Gasteiger partial charge is 0.149 e. The molecular formula is C16H24F2N2. The third-order valence-electron chi connectivity index (χ3n) is 4.17. The van der Waals surface area contributed by atoms with E-state index < -0.39 is 11.6 Å². The molecule has 20 heavy (non-hydrogen) atoms. The van der Waals surface area contributed by atoms with Crippen LogP contribution >= 0.6 is 0 Å². The Hall–Kier alpha value is -1.16. The van der Waals surface area contributed by atoms with Crippen molar-refractivity contribution in [3.8, 4) is 0 Å². The first-order valence-corrected chi connectivity index (χ1v) is 7.58. The van der Waals surface area contributed by atoms with E-state index in [2.05, 4.69) is 6.92 Å². The maximum atomic E-state index is 14.1. The van der Waals surface area contributed by atoms with Gasteiger partial charge in [-0.3, -0.25) is 0 Å². The van der Waals surface area contributed by atoms with Crippen LogP contribution < -0.4 is 10.6 Å². The van der Waals surface area contributed by atoms with Crippen LogP contribution in [0.2, 0.25) is 0 Å². The lowest BCUT2D eigenvalue weighted by Gasteiger charge is -2.24. The minimum absolute atomic E-state index is 0.124. The van der Waals surface area contributed by atoms with Crippen LogP contribution in [0.15, 0.2) is 12.1 Å². The molecule has 1 unspecified atom stereocenters. The summed E-state index contributed by atoms with van der Waals surface area (Å²) in [6.07, 6.45) is 5.57. The second-order valence-electron chi connectivity index (χ2n) is 5.68. The average Bonchev–Trinajstić information content (AvgIpc) is 2.64. The molecule has 0 aromatic heterocycles. The molecule has 0 spiro atoms. The molecule has 0 saturated carbocycles. The molecule has 2 N–H and O–H groups in total. The summed E-state index contributed by atoms with van der Waals surface area (Å²) in [5.41, 5.74) is 6.07. The zero-order chi connectivity index (χ0) is 14.5. The van der Waals surface area contributed by atoms with Gasteiger partial charge < -0.3 is 10.6 Å². The Bertz CT molecular complexity index is 425. The summed E-state index contributed by atoms with van der Waals surface area (Å²) in [5, 5.41) is 0. The van der Waals surface area contributed by atoms with E-state index in [-0.39, 0.29) is 12.2 Å². The number of hydrogen-bond acceptors (Lipinski definition) is 2. The van der Waals surface area contributed by atoms with E-state index in [4.69, 9.17) is 5.73 Å². The largest absolute Gasteiger partial charge is 0.367 e. The fourth-order valence-electron chi connectivity index (χ4n) is 3.12. The fraction of sp³-hybridized carbons (Fsp3) is 0.625. The molecule has 1 fully saturated rings. The molecule has 0 bridgehead atoms. The van der Waals surface area contributed by atoms with Gasteiger partial charge in [-0.2, -0.15) is 0 Å². The molecule has 2 rings (SSSR count). The van der Waals surface area contributed by atoms with Gasteiger partial charge in [-0.05, 0) is 42.9 Å². The summed E-state index contributed by atoms with van der Waals surface area (Å²) in [7, 11) is 0. The SMILES string of the molecule is CCCC1CCCN(c2c(F)cc(CN)cc2F)CC1. The highest BCUT2D eigenvalue weighted by Gasteiger charge is 2.22. The summed E-state index contributed by atoms with van der Waals surface area (Å²) in [6, 6.07) is 2.71. The van der Waals surface area contributed by atoms with E-state index in [1.807, 2.05) is 4.90 Å². The normalized spacial score (nSPS) is 20.0. The molecule has 4 heteroatoms. The Morgan fingerprint density at radius 3 is 2.50 bits per heavy atom. The zero-order valence-electron chi connectivity index (χ0n) is 12.2. The van der Waals surface area contributed by atoms with Gasteiger partial charge >= 0.3 is 0 Å². The molecule has 1 aliphatic rings. The number of nitrogens with zero attached hydrogens (tertiary/aromatic N) is 1. The topological polar surface area (TPSA) is 29.3 Å². The number of halogens is 2. The van der Waals surface area contributed by atoms with Crippen molar-refractivity contribution in [2.75, 3.05) is 18.0 Å². The van der Waals surface area contributed by atoms with E-state index >= 15 is 0 Å². The van der Waals surface area contributed by atoms with Crippen LogP contribution in [-0.4, -0.2) is 13.1 Å². The van der Waals surface area contributed by atoms with Gasteiger partial charge in [0.25, 0.3) is 0 Å². The zero-order valence-corrected chi connectivity index (χ0v) is 12.2. The van der Waals surface area contributed by atoms with Crippen LogP contribution in [0.1, 0.15) is 44.6 Å². The number of anilines is 1. The quantitative estimate of drug-likeness (QED) is 0.909. The number of nitrogens with two attached hydrogens (primary N) is 1. The molecule has 1 aliphatic heterocycles. The third-order valence-corrected chi connectivity index (χ3v) is 4.17. The molecule has 1 heterocycles. The molecule has 2 nitrogen and oxygen atoms in total. The molecule has 1 saturated heterocycles. The Labute approximate surface area is 120 Å². The van der Waals surface area contributed by atoms with Crippen LogP contribution in [0.3, 0.4) is 0 Å². The second-order valence-corrected chi connectivity index (χ2v) is 5.68. The Morgan fingerprint density at radius 1 is 1.20 bits per heavy atom. The lowest BCUT2D eigenvalue weighted by Crippen LogP contribution is -2.26. The summed E-state index contributed by atoms with van der Waals surface area (Å²) in [4.78, 5) is 1.86. The van der Waals surface area contributed by atoms with Gasteiger partial charge in [0.1, 0.15) is 17.3 Å². The average molecular weight is 282 g/mol. The maximum absolute atomic E-state index is 14.1. The lowest BCUT2D eigenvalue weighted by molar-refractivity contribution is 0.435. The van der Waals surface area contributed by atoms with Crippen molar-refractivity contribution >= 4 is 5.69 Å². The van der Waals surface area contributed by atoms with Crippen molar-refractivity contribution in [3.05, 3.63) is 29.3 Å². The van der Waals surface area contributed by atoms with Crippen LogP contribution in [-0.2, 0) is 6.54 Å². The van der Waals surface area contributed by atoms with E-state index in [0.717, 1.165) is 32.4 Å². The predicted octanol–water partition coefficient (Wildman–Crippen LogP) is 3.83. The van der Waals surface area contributed by atoms with Crippen molar-refractivity contribution in [2.24, 2.45) is 11.7 Å². The monoisotopic (exact) mass is 282 g/mol. The maximum Gasteiger partial charge on any atom is 0.149 e. The van der Waals surface area contributed by atoms with Crippen LogP contribution in [0.5, 0.6) is 0 Å². The van der Waals surface area contributed by atoms with Gasteiger partial charge in [-0.25, -0.2) is 8.78 Å². The van der Waals surface area contributed by atoms with Crippen LogP contribution in [0.4, 0.5) is 14.5 Å². The molecule has 112 valence electrons. The highest BCUT2D eigenvalue weighted by atomic mass is 19.1. The van der Waals surface area contributed by atoms with E-state index in [1.54, 1.807) is 0 Å². The molecular weight excluding hydrogens is 258 g/mol. The Morgan fingerprint density at radius 2 is 1.90 bits per heavy atom. The van der Waals surface area contributed by atoms with Gasteiger partial charge in [0.05, 0.1) is 0 Å². The fourth-order valence-corrected chi connectivity index (χ4v) is 3.12. The summed E-state index contributed by atoms with van der Waals surface area (Å²) >= 11 is 0. The van der Waals surface area contributed by atoms with E-state index in [0.29, 0.717) is 11.5 Å². The van der Waals surface area contributed by atoms with Crippen molar-refractivity contribution in [1.29, 1.82) is 0 Å². The molecule has 0 amide bonds. The van der Waals surface area contributed by atoms with E-state index in [1.165, 1.54) is 25.0 Å². The Balaban J connectivity index is 2.15. The molecule has 0 radical (unpaired) electrons. The molecule has 1 aromatic rings. The number of rotatable bonds is 4. The second kappa shape index (κ2) is 7.02. The first-order chi connectivity index (χ1) is 9.65. The van der Waals surface area contributed by atoms with Crippen LogP contribution in [0, 0.1) is 17.6 Å². The summed E-state index contributed by atoms with van der Waals surface area (Å²) < 4.78 is 28.2. The highest BCUT2D eigenvalue weighted by molar-refractivity contribution is 5.50. The van der Waals surface area contributed by atoms with Gasteiger partial charge in [-0.1, -0.05) is 19.8 Å². The Kier molecular flexibility index (Phi) is 5.35. The molecule has 1 aromatic carbocycles. The van der Waals surface area contributed by atoms with Gasteiger partial charge in [0, 0.05) is 19.6 Å². The highest BCUT2D eigenvalue weighted by Crippen LogP contribution is 2.29. The first kappa shape index (κ1) is 15.2. The minimum atomic E-state index is -0.487. The first-order valence-electron chi connectivity index (χ1n) is 7.58. The molecule has 1 atom stereocenters. The van der Waals surface area contributed by atoms with E-state index in [9.17, 15) is 8.78 Å². The number of hydrogen-bond donors (Lipinski definition) is 1. The standard InChI is InChI=1S/C16H24F2N2/c1-2-4-12-5-3-7-20(8-6-12)16-14(17)9-13(11-19)10-15(16)18/h9-10,12H,2-8,11,19H2,1H3.